The van der Waals surface area contributed by atoms with Crippen LogP contribution in [-0.4, -0.2) is 26.3 Å². The Bertz CT molecular complexity index is 1360. The van der Waals surface area contributed by atoms with Crippen molar-refractivity contribution in [3.8, 4) is 22.6 Å². The zero-order valence-electron chi connectivity index (χ0n) is 16.7. The van der Waals surface area contributed by atoms with Crippen LogP contribution in [0.2, 0.25) is 0 Å². The van der Waals surface area contributed by atoms with E-state index in [1.807, 2.05) is 48.5 Å². The summed E-state index contributed by atoms with van der Waals surface area (Å²) in [5.74, 6) is 2.28. The van der Waals surface area contributed by atoms with Crippen molar-refractivity contribution in [2.75, 3.05) is 31.2 Å². The van der Waals surface area contributed by atoms with Gasteiger partial charge in [-0.05, 0) is 35.9 Å². The molecule has 5 nitrogen and oxygen atoms in total. The first-order chi connectivity index (χ1) is 15.3. The van der Waals surface area contributed by atoms with Crippen LogP contribution in [0.3, 0.4) is 0 Å². The first kappa shape index (κ1) is 18.5. The fraction of sp³-hybridized carbons (Fsp3) is 0.160. The van der Waals surface area contributed by atoms with Gasteiger partial charge in [0, 0.05) is 24.7 Å². The molecule has 6 heteroatoms. The van der Waals surface area contributed by atoms with Crippen molar-refractivity contribution in [3.05, 3.63) is 77.0 Å². The molecule has 31 heavy (non-hydrogen) atoms. The van der Waals surface area contributed by atoms with E-state index in [0.717, 1.165) is 32.4 Å². The lowest BCUT2D eigenvalue weighted by Crippen LogP contribution is -2.36. The van der Waals surface area contributed by atoms with Crippen LogP contribution in [-0.2, 0) is 4.74 Å². The molecule has 0 unspecified atom stereocenters. The quantitative estimate of drug-likeness (QED) is 0.367. The third kappa shape index (κ3) is 3.28. The number of nitrogens with zero attached hydrogens (tertiary/aromatic N) is 1. The highest BCUT2D eigenvalue weighted by Gasteiger charge is 2.22. The second-order valence-corrected chi connectivity index (χ2v) is 8.63. The van der Waals surface area contributed by atoms with E-state index in [9.17, 15) is 4.79 Å². The predicted molar refractivity (Wildman–Crippen MR) is 122 cm³/mol. The van der Waals surface area contributed by atoms with Crippen molar-refractivity contribution in [2.24, 2.45) is 0 Å². The van der Waals surface area contributed by atoms with Gasteiger partial charge in [0.05, 0.1) is 28.4 Å². The number of morpholine rings is 1. The molecule has 3 heterocycles. The molecule has 1 fully saturated rings. The Morgan fingerprint density at radius 1 is 0.871 bits per heavy atom. The summed E-state index contributed by atoms with van der Waals surface area (Å²) in [7, 11) is 0. The Morgan fingerprint density at radius 3 is 2.61 bits per heavy atom. The minimum atomic E-state index is -0.0369. The summed E-state index contributed by atoms with van der Waals surface area (Å²) in [5.41, 5.74) is 2.46. The lowest BCUT2D eigenvalue weighted by atomic mass is 10.0. The fourth-order valence-electron chi connectivity index (χ4n) is 4.03. The van der Waals surface area contributed by atoms with Gasteiger partial charge in [0.2, 0.25) is 0 Å². The van der Waals surface area contributed by atoms with E-state index in [4.69, 9.17) is 13.9 Å². The third-order valence-electron chi connectivity index (χ3n) is 5.61. The van der Waals surface area contributed by atoms with Crippen LogP contribution < -0.4 is 15.1 Å². The van der Waals surface area contributed by atoms with Crippen LogP contribution >= 0.6 is 11.8 Å². The molecule has 4 aromatic rings. The minimum Gasteiger partial charge on any atom is -0.454 e. The van der Waals surface area contributed by atoms with Gasteiger partial charge in [-0.1, -0.05) is 42.1 Å². The van der Waals surface area contributed by atoms with Gasteiger partial charge >= 0.3 is 0 Å². The molecule has 1 aromatic heterocycles. The molecule has 154 valence electrons. The van der Waals surface area contributed by atoms with Crippen molar-refractivity contribution in [1.29, 1.82) is 0 Å². The van der Waals surface area contributed by atoms with E-state index in [-0.39, 0.29) is 5.43 Å². The van der Waals surface area contributed by atoms with E-state index in [0.29, 0.717) is 43.2 Å². The molecule has 0 saturated carbocycles. The molecule has 0 bridgehead atoms. The molecule has 6 rings (SSSR count). The number of para-hydroxylation sites is 2. The molecular weight excluding hydrogens is 410 g/mol. The van der Waals surface area contributed by atoms with Crippen LogP contribution in [0.4, 0.5) is 5.88 Å². The average Bonchev–Trinajstić information content (AvgIpc) is 2.82. The Balaban J connectivity index is 1.45. The SMILES string of the molecule is O=c1cc(N2CCOCC2)oc2cc(-c3cccc4c3Oc3ccccc3S4)ccc12. The highest BCUT2D eigenvalue weighted by molar-refractivity contribution is 7.99. The summed E-state index contributed by atoms with van der Waals surface area (Å²) in [6.07, 6.45) is 0. The van der Waals surface area contributed by atoms with Gasteiger partial charge in [-0.2, -0.15) is 0 Å². The zero-order chi connectivity index (χ0) is 20.8. The molecular formula is C25H19NO4S. The maximum atomic E-state index is 12.7. The molecule has 2 aliphatic rings. The van der Waals surface area contributed by atoms with E-state index in [1.165, 1.54) is 0 Å². The minimum absolute atomic E-state index is 0.0369. The van der Waals surface area contributed by atoms with E-state index in [2.05, 4.69) is 17.0 Å². The van der Waals surface area contributed by atoms with Crippen molar-refractivity contribution in [1.82, 2.24) is 0 Å². The summed E-state index contributed by atoms with van der Waals surface area (Å²) in [5, 5.41) is 0.575. The summed E-state index contributed by atoms with van der Waals surface area (Å²) in [6.45, 7) is 2.69. The number of anilines is 1. The second-order valence-electron chi connectivity index (χ2n) is 7.54. The first-order valence-electron chi connectivity index (χ1n) is 10.2. The summed E-state index contributed by atoms with van der Waals surface area (Å²) < 4.78 is 17.9. The highest BCUT2D eigenvalue weighted by Crippen LogP contribution is 2.50. The smallest absolute Gasteiger partial charge is 0.200 e. The lowest BCUT2D eigenvalue weighted by Gasteiger charge is -2.27. The number of hydrogen-bond donors (Lipinski definition) is 0. The van der Waals surface area contributed by atoms with Gasteiger partial charge in [0.15, 0.2) is 11.3 Å². The summed E-state index contributed by atoms with van der Waals surface area (Å²) in [4.78, 5) is 16.9. The lowest BCUT2D eigenvalue weighted by molar-refractivity contribution is 0.121. The number of ether oxygens (including phenoxy) is 2. The van der Waals surface area contributed by atoms with E-state index >= 15 is 0 Å². The largest absolute Gasteiger partial charge is 0.454 e. The maximum absolute atomic E-state index is 12.7. The van der Waals surface area contributed by atoms with Gasteiger partial charge in [-0.3, -0.25) is 4.79 Å². The maximum Gasteiger partial charge on any atom is 0.200 e. The normalized spacial score (nSPS) is 15.3. The van der Waals surface area contributed by atoms with Crippen molar-refractivity contribution in [3.63, 3.8) is 0 Å². The third-order valence-corrected chi connectivity index (χ3v) is 6.71. The van der Waals surface area contributed by atoms with Gasteiger partial charge < -0.3 is 18.8 Å². The van der Waals surface area contributed by atoms with Gasteiger partial charge in [-0.25, -0.2) is 0 Å². The number of rotatable bonds is 2. The van der Waals surface area contributed by atoms with E-state index in [1.54, 1.807) is 17.8 Å². The van der Waals surface area contributed by atoms with Crippen molar-refractivity contribution in [2.45, 2.75) is 9.79 Å². The van der Waals surface area contributed by atoms with Crippen LogP contribution in [0.5, 0.6) is 11.5 Å². The molecule has 0 radical (unpaired) electrons. The Hall–Kier alpha value is -3.22. The summed E-state index contributed by atoms with van der Waals surface area (Å²) >= 11 is 1.70. The number of fused-ring (bicyclic) bond motifs is 3. The molecule has 0 N–H and O–H groups in total. The average molecular weight is 429 g/mol. The zero-order valence-corrected chi connectivity index (χ0v) is 17.5. The molecule has 3 aromatic carbocycles. The Kier molecular flexibility index (Phi) is 4.47. The molecule has 0 spiro atoms. The summed E-state index contributed by atoms with van der Waals surface area (Å²) in [6, 6.07) is 21.5. The van der Waals surface area contributed by atoms with E-state index < -0.39 is 0 Å². The topological polar surface area (TPSA) is 51.9 Å². The van der Waals surface area contributed by atoms with Gasteiger partial charge in [-0.15, -0.1) is 0 Å². The van der Waals surface area contributed by atoms with Crippen molar-refractivity contribution < 1.29 is 13.9 Å². The first-order valence-corrected chi connectivity index (χ1v) is 11.1. The monoisotopic (exact) mass is 429 g/mol. The predicted octanol–water partition coefficient (Wildman–Crippen LogP) is 5.55. The van der Waals surface area contributed by atoms with Gasteiger partial charge in [0.1, 0.15) is 17.1 Å². The molecule has 1 saturated heterocycles. The number of benzene rings is 3. The van der Waals surface area contributed by atoms with Crippen LogP contribution in [0.25, 0.3) is 22.1 Å². The van der Waals surface area contributed by atoms with Crippen molar-refractivity contribution >= 4 is 28.6 Å². The fourth-order valence-corrected chi connectivity index (χ4v) is 5.01. The highest BCUT2D eigenvalue weighted by atomic mass is 32.2. The Morgan fingerprint density at radius 2 is 1.71 bits per heavy atom. The van der Waals surface area contributed by atoms with Crippen LogP contribution in [0, 0.1) is 0 Å². The second kappa shape index (κ2) is 7.48. The number of hydrogen-bond acceptors (Lipinski definition) is 6. The Labute approximate surface area is 183 Å². The molecule has 0 aliphatic carbocycles. The molecule has 2 aliphatic heterocycles. The van der Waals surface area contributed by atoms with Crippen LogP contribution in [0.15, 0.2) is 85.7 Å². The molecule has 0 amide bonds. The standard InChI is InChI=1S/C25H19NO4S/c27-19-15-24(26-10-12-28-13-11-26)29-21-14-16(8-9-18(19)21)17-4-3-7-23-25(17)30-20-5-1-2-6-22(20)31-23/h1-9,14-15H,10-13H2. The van der Waals surface area contributed by atoms with Crippen LogP contribution in [0.1, 0.15) is 0 Å². The molecule has 0 atom stereocenters. The van der Waals surface area contributed by atoms with Gasteiger partial charge in [0.25, 0.3) is 0 Å².